The van der Waals surface area contributed by atoms with Crippen LogP contribution >= 0.6 is 0 Å². The predicted molar refractivity (Wildman–Crippen MR) is 133 cm³/mol. The second-order valence-corrected chi connectivity index (χ2v) is 13.1. The first-order valence-electron chi connectivity index (χ1n) is 14.1. The summed E-state index contributed by atoms with van der Waals surface area (Å²) >= 11 is 0. The molecule has 8 nitrogen and oxygen atoms in total. The Morgan fingerprint density at radius 1 is 1.00 bits per heavy atom. The van der Waals surface area contributed by atoms with Gasteiger partial charge >= 0.3 is 5.97 Å². The molecule has 0 spiro atoms. The first kappa shape index (κ1) is 26.0. The zero-order valence-electron chi connectivity index (χ0n) is 22.1. The van der Waals surface area contributed by atoms with E-state index in [1.807, 2.05) is 0 Å². The molecule has 4 N–H and O–H groups in total. The standard InChI is InChI=1S/C29H42O8/c1-15-23(31)24(32)25(33)26(36-15)37-18-6-9-27(2)17(13-18)4-5-21-20(27)7-10-28(3)19(8-11-29(21,28)34)16-12-22(30)35-14-16/h4,12,15,18-21,23-26,31-34H,5-11,13-14H2,1-3H3/t15?,18-,19?,20?,21?,23-,24?,25?,26+,27-,28+,29-/m0/s1. The molecule has 1 saturated heterocycles. The highest BCUT2D eigenvalue weighted by Crippen LogP contribution is 2.69. The number of carbonyl (C=O) groups excluding carboxylic acids is 1. The van der Waals surface area contributed by atoms with E-state index in [9.17, 15) is 25.2 Å². The van der Waals surface area contributed by atoms with Crippen molar-refractivity contribution in [3.05, 3.63) is 23.3 Å². The fourth-order valence-electron chi connectivity index (χ4n) is 9.21. The second kappa shape index (κ2) is 8.86. The lowest BCUT2D eigenvalue weighted by molar-refractivity contribution is -0.306. The van der Waals surface area contributed by atoms with E-state index < -0.39 is 36.3 Å². The molecule has 37 heavy (non-hydrogen) atoms. The molecule has 6 rings (SSSR count). The highest BCUT2D eigenvalue weighted by atomic mass is 16.7. The van der Waals surface area contributed by atoms with Gasteiger partial charge in [-0.15, -0.1) is 0 Å². The van der Waals surface area contributed by atoms with Crippen LogP contribution in [0.1, 0.15) is 72.1 Å². The van der Waals surface area contributed by atoms with Gasteiger partial charge in [-0.1, -0.05) is 25.5 Å². The summed E-state index contributed by atoms with van der Waals surface area (Å²) in [5.41, 5.74) is 1.38. The largest absolute Gasteiger partial charge is 0.458 e. The Bertz CT molecular complexity index is 1010. The number of hydrogen-bond acceptors (Lipinski definition) is 8. The highest BCUT2D eigenvalue weighted by molar-refractivity contribution is 5.85. The predicted octanol–water partition coefficient (Wildman–Crippen LogP) is 2.38. The molecule has 4 fully saturated rings. The molecule has 0 aromatic heterocycles. The molecule has 4 aliphatic carbocycles. The lowest BCUT2D eigenvalue weighted by Crippen LogP contribution is -2.61. The van der Waals surface area contributed by atoms with Crippen molar-refractivity contribution in [2.24, 2.45) is 28.6 Å². The fraction of sp³-hybridized carbons (Fsp3) is 0.828. The molecule has 0 aromatic rings. The van der Waals surface area contributed by atoms with E-state index in [0.29, 0.717) is 12.5 Å². The summed E-state index contributed by atoms with van der Waals surface area (Å²) in [4.78, 5) is 11.8. The van der Waals surface area contributed by atoms with Crippen LogP contribution in [-0.4, -0.2) is 75.4 Å². The molecule has 0 aromatic carbocycles. The third-order valence-corrected chi connectivity index (χ3v) is 11.5. The molecule has 0 radical (unpaired) electrons. The molecule has 2 heterocycles. The maximum Gasteiger partial charge on any atom is 0.331 e. The van der Waals surface area contributed by atoms with Crippen molar-refractivity contribution >= 4 is 5.97 Å². The van der Waals surface area contributed by atoms with Gasteiger partial charge in [0.25, 0.3) is 0 Å². The van der Waals surface area contributed by atoms with Crippen molar-refractivity contribution in [2.45, 2.75) is 115 Å². The summed E-state index contributed by atoms with van der Waals surface area (Å²) in [7, 11) is 0. The van der Waals surface area contributed by atoms with E-state index in [0.717, 1.165) is 56.9 Å². The molecule has 6 unspecified atom stereocenters. The summed E-state index contributed by atoms with van der Waals surface area (Å²) in [6.45, 7) is 6.62. The number of rotatable bonds is 3. The number of aliphatic hydroxyl groups excluding tert-OH is 3. The first-order valence-corrected chi connectivity index (χ1v) is 14.1. The SMILES string of the molecule is CC1O[C@H](O[C@H]2CC[C@@]3(C)C(=CCC4C3CC[C@]3(C)C(C5=CC(=O)OC5)CC[C@]43O)C2)C(O)C(O)[C@H]1O. The quantitative estimate of drug-likeness (QED) is 0.332. The van der Waals surface area contributed by atoms with Gasteiger partial charge in [-0.25, -0.2) is 4.79 Å². The number of carbonyl (C=O) groups is 1. The normalized spacial score (nSPS) is 53.5. The third-order valence-electron chi connectivity index (χ3n) is 11.5. The van der Waals surface area contributed by atoms with Crippen molar-refractivity contribution in [3.8, 4) is 0 Å². The number of cyclic esters (lactones) is 1. The number of aliphatic hydroxyl groups is 4. The van der Waals surface area contributed by atoms with Crippen LogP contribution in [0.2, 0.25) is 0 Å². The first-order chi connectivity index (χ1) is 17.5. The van der Waals surface area contributed by atoms with Crippen molar-refractivity contribution in [2.75, 3.05) is 6.61 Å². The van der Waals surface area contributed by atoms with Gasteiger partial charge < -0.3 is 34.6 Å². The molecule has 0 amide bonds. The van der Waals surface area contributed by atoms with Crippen molar-refractivity contribution in [1.82, 2.24) is 0 Å². The van der Waals surface area contributed by atoms with Gasteiger partial charge in [-0.3, -0.25) is 0 Å². The topological polar surface area (TPSA) is 126 Å². The van der Waals surface area contributed by atoms with Gasteiger partial charge in [0.15, 0.2) is 6.29 Å². The fourth-order valence-corrected chi connectivity index (χ4v) is 9.21. The molecular formula is C29H42O8. The number of hydrogen-bond donors (Lipinski definition) is 4. The van der Waals surface area contributed by atoms with Crippen LogP contribution in [0.25, 0.3) is 0 Å². The molecule has 2 aliphatic heterocycles. The van der Waals surface area contributed by atoms with E-state index in [1.54, 1.807) is 13.0 Å². The average Bonchev–Trinajstić information content (AvgIpc) is 3.41. The minimum absolute atomic E-state index is 0.0152. The van der Waals surface area contributed by atoms with Crippen molar-refractivity contribution in [1.29, 1.82) is 0 Å². The molecule has 6 aliphatic rings. The second-order valence-electron chi connectivity index (χ2n) is 13.1. The maximum absolute atomic E-state index is 12.3. The Labute approximate surface area is 218 Å². The number of fused-ring (bicyclic) bond motifs is 5. The Hall–Kier alpha value is -1.29. The van der Waals surface area contributed by atoms with Crippen LogP contribution in [0.5, 0.6) is 0 Å². The van der Waals surface area contributed by atoms with Crippen LogP contribution in [0.15, 0.2) is 23.3 Å². The molecule has 8 heteroatoms. The van der Waals surface area contributed by atoms with Crippen molar-refractivity contribution < 1.29 is 39.4 Å². The Balaban J connectivity index is 1.19. The summed E-state index contributed by atoms with van der Waals surface area (Å²) in [6.07, 6.45) is 5.48. The summed E-state index contributed by atoms with van der Waals surface area (Å²) in [5, 5.41) is 42.9. The van der Waals surface area contributed by atoms with E-state index in [2.05, 4.69) is 19.9 Å². The summed E-state index contributed by atoms with van der Waals surface area (Å²) in [5.74, 6) is 0.493. The van der Waals surface area contributed by atoms with Gasteiger partial charge in [-0.2, -0.15) is 0 Å². The molecule has 12 atom stereocenters. The van der Waals surface area contributed by atoms with Gasteiger partial charge in [0.2, 0.25) is 0 Å². The van der Waals surface area contributed by atoms with Crippen LogP contribution in [0.3, 0.4) is 0 Å². The van der Waals surface area contributed by atoms with Crippen LogP contribution in [0, 0.1) is 28.6 Å². The molecule has 206 valence electrons. The minimum Gasteiger partial charge on any atom is -0.458 e. The lowest BCUT2D eigenvalue weighted by atomic mass is 9.45. The van der Waals surface area contributed by atoms with Gasteiger partial charge in [0.05, 0.1) is 17.8 Å². The number of esters is 1. The number of allylic oxidation sites excluding steroid dienone is 1. The van der Waals surface area contributed by atoms with Crippen LogP contribution < -0.4 is 0 Å². The zero-order chi connectivity index (χ0) is 26.3. The molecular weight excluding hydrogens is 476 g/mol. The van der Waals surface area contributed by atoms with Gasteiger partial charge in [-0.05, 0) is 87.0 Å². The van der Waals surface area contributed by atoms with Crippen LogP contribution in [-0.2, 0) is 19.0 Å². The highest BCUT2D eigenvalue weighted by Gasteiger charge is 2.66. The lowest BCUT2D eigenvalue weighted by Gasteiger charge is -2.61. The maximum atomic E-state index is 12.3. The minimum atomic E-state index is -1.30. The smallest absolute Gasteiger partial charge is 0.331 e. The molecule has 0 bridgehead atoms. The van der Waals surface area contributed by atoms with E-state index in [4.69, 9.17) is 14.2 Å². The van der Waals surface area contributed by atoms with Gasteiger partial charge in [0, 0.05) is 11.5 Å². The summed E-state index contributed by atoms with van der Waals surface area (Å²) in [6, 6.07) is 0. The number of ether oxygens (including phenoxy) is 3. The van der Waals surface area contributed by atoms with Gasteiger partial charge in [0.1, 0.15) is 24.9 Å². The Morgan fingerprint density at radius 2 is 1.78 bits per heavy atom. The zero-order valence-corrected chi connectivity index (χ0v) is 22.1. The van der Waals surface area contributed by atoms with E-state index in [1.165, 1.54) is 5.57 Å². The van der Waals surface area contributed by atoms with Crippen molar-refractivity contribution in [3.63, 3.8) is 0 Å². The van der Waals surface area contributed by atoms with E-state index >= 15 is 0 Å². The monoisotopic (exact) mass is 518 g/mol. The summed E-state index contributed by atoms with van der Waals surface area (Å²) < 4.78 is 17.1. The average molecular weight is 519 g/mol. The molecule has 3 saturated carbocycles. The Kier molecular flexibility index (Phi) is 6.22. The third kappa shape index (κ3) is 3.74. The Morgan fingerprint density at radius 3 is 2.51 bits per heavy atom. The van der Waals surface area contributed by atoms with E-state index in [-0.39, 0.29) is 34.7 Å². The van der Waals surface area contributed by atoms with Crippen LogP contribution in [0.4, 0.5) is 0 Å².